The number of nitrogens with zero attached hydrogens (tertiary/aromatic N) is 3. The van der Waals surface area contributed by atoms with E-state index in [1.54, 1.807) is 6.20 Å². The van der Waals surface area contributed by atoms with Gasteiger partial charge in [0, 0.05) is 31.3 Å². The minimum Gasteiger partial charge on any atom is -0.339 e. The maximum absolute atomic E-state index is 5.41. The maximum Gasteiger partial charge on any atom is 0.228 e. The predicted octanol–water partition coefficient (Wildman–Crippen LogP) is 2.38. The molecule has 1 N–H and O–H groups in total. The van der Waals surface area contributed by atoms with Crippen molar-refractivity contribution in [2.45, 2.75) is 44.6 Å². The van der Waals surface area contributed by atoms with E-state index in [1.807, 2.05) is 25.4 Å². The van der Waals surface area contributed by atoms with Gasteiger partial charge in [0.15, 0.2) is 5.82 Å². The van der Waals surface area contributed by atoms with Gasteiger partial charge < -0.3 is 9.84 Å². The Labute approximate surface area is 125 Å². The Balaban J connectivity index is 1.61. The Morgan fingerprint density at radius 1 is 1.38 bits per heavy atom. The van der Waals surface area contributed by atoms with E-state index in [2.05, 4.69) is 20.4 Å². The summed E-state index contributed by atoms with van der Waals surface area (Å²) in [7, 11) is 2.02. The van der Waals surface area contributed by atoms with Gasteiger partial charge in [0.1, 0.15) is 0 Å². The zero-order valence-corrected chi connectivity index (χ0v) is 12.5. The van der Waals surface area contributed by atoms with Crippen molar-refractivity contribution in [2.75, 3.05) is 7.05 Å². The van der Waals surface area contributed by atoms with Crippen molar-refractivity contribution in [2.24, 2.45) is 5.92 Å². The van der Waals surface area contributed by atoms with E-state index in [-0.39, 0.29) is 0 Å². The molecule has 2 aromatic rings. The highest BCUT2D eigenvalue weighted by Gasteiger charge is 2.25. The second-order valence-electron chi connectivity index (χ2n) is 5.79. The molecule has 2 aromatic heterocycles. The summed E-state index contributed by atoms with van der Waals surface area (Å²) in [6.07, 6.45) is 10.4. The van der Waals surface area contributed by atoms with Crippen molar-refractivity contribution in [3.63, 3.8) is 0 Å². The lowest BCUT2D eigenvalue weighted by molar-refractivity contribution is 0.317. The molecule has 1 unspecified atom stereocenters. The lowest BCUT2D eigenvalue weighted by atomic mass is 9.95. The van der Waals surface area contributed by atoms with Crippen LogP contribution in [0.4, 0.5) is 0 Å². The summed E-state index contributed by atoms with van der Waals surface area (Å²) in [6, 6.07) is 4.39. The molecule has 1 fully saturated rings. The topological polar surface area (TPSA) is 63.8 Å². The van der Waals surface area contributed by atoms with Crippen LogP contribution in [0.5, 0.6) is 0 Å². The third-order valence-corrected chi connectivity index (χ3v) is 4.33. The van der Waals surface area contributed by atoms with Gasteiger partial charge in [-0.15, -0.1) is 0 Å². The molecule has 5 nitrogen and oxygen atoms in total. The van der Waals surface area contributed by atoms with E-state index in [0.29, 0.717) is 12.5 Å². The third kappa shape index (κ3) is 3.67. The van der Waals surface area contributed by atoms with Crippen molar-refractivity contribution >= 4 is 0 Å². The lowest BCUT2D eigenvalue weighted by Crippen LogP contribution is -2.34. The van der Waals surface area contributed by atoms with Crippen LogP contribution in [0.2, 0.25) is 0 Å². The minimum atomic E-state index is 0.444. The monoisotopic (exact) mass is 286 g/mol. The smallest absolute Gasteiger partial charge is 0.228 e. The number of pyridine rings is 1. The van der Waals surface area contributed by atoms with Crippen LogP contribution in [0.15, 0.2) is 29.0 Å². The van der Waals surface area contributed by atoms with E-state index in [1.165, 1.54) is 25.7 Å². The Bertz CT molecular complexity index is 548. The molecule has 112 valence electrons. The van der Waals surface area contributed by atoms with E-state index in [9.17, 15) is 0 Å². The summed E-state index contributed by atoms with van der Waals surface area (Å²) in [4.78, 5) is 8.62. The number of hydrogen-bond donors (Lipinski definition) is 1. The van der Waals surface area contributed by atoms with Crippen LogP contribution < -0.4 is 5.32 Å². The Hall–Kier alpha value is -1.75. The molecule has 1 saturated carbocycles. The second kappa shape index (κ2) is 6.80. The van der Waals surface area contributed by atoms with Crippen LogP contribution in [-0.2, 0) is 12.8 Å². The first-order valence-corrected chi connectivity index (χ1v) is 7.73. The first kappa shape index (κ1) is 14.2. The SMILES string of the molecule is CNC(Cc1nc(Cc2cccnc2)no1)C1CCCC1. The standard InChI is InChI=1S/C16H22N4O/c1-17-14(13-6-2-3-7-13)10-16-19-15(20-21-16)9-12-5-4-8-18-11-12/h4-5,8,11,13-14,17H,2-3,6-7,9-10H2,1H3. The van der Waals surface area contributed by atoms with Gasteiger partial charge in [0.2, 0.25) is 5.89 Å². The molecule has 21 heavy (non-hydrogen) atoms. The van der Waals surface area contributed by atoms with Crippen molar-refractivity contribution in [3.05, 3.63) is 41.8 Å². The van der Waals surface area contributed by atoms with Gasteiger partial charge in [-0.3, -0.25) is 4.98 Å². The van der Waals surface area contributed by atoms with E-state index >= 15 is 0 Å². The van der Waals surface area contributed by atoms with Crippen molar-refractivity contribution in [3.8, 4) is 0 Å². The first-order valence-electron chi connectivity index (χ1n) is 7.73. The highest BCUT2D eigenvalue weighted by atomic mass is 16.5. The molecule has 0 aromatic carbocycles. The van der Waals surface area contributed by atoms with E-state index in [4.69, 9.17) is 4.52 Å². The lowest BCUT2D eigenvalue weighted by Gasteiger charge is -2.20. The summed E-state index contributed by atoms with van der Waals surface area (Å²) in [5.74, 6) is 2.21. The molecule has 1 aliphatic rings. The van der Waals surface area contributed by atoms with Crippen molar-refractivity contribution < 1.29 is 4.52 Å². The van der Waals surface area contributed by atoms with Gasteiger partial charge in [-0.25, -0.2) is 0 Å². The van der Waals surface area contributed by atoms with Crippen LogP contribution in [0.3, 0.4) is 0 Å². The summed E-state index contributed by atoms with van der Waals surface area (Å²) in [5.41, 5.74) is 1.10. The first-order chi connectivity index (χ1) is 10.3. The second-order valence-corrected chi connectivity index (χ2v) is 5.79. The molecule has 3 rings (SSSR count). The molecule has 0 radical (unpaired) electrons. The van der Waals surface area contributed by atoms with Gasteiger partial charge in [0.05, 0.1) is 0 Å². The van der Waals surface area contributed by atoms with E-state index in [0.717, 1.165) is 29.6 Å². The average Bonchev–Trinajstić information content (AvgIpc) is 3.17. The molecular weight excluding hydrogens is 264 g/mol. The van der Waals surface area contributed by atoms with Crippen LogP contribution >= 0.6 is 0 Å². The molecule has 2 heterocycles. The average molecular weight is 286 g/mol. The fraction of sp³-hybridized carbons (Fsp3) is 0.562. The van der Waals surface area contributed by atoms with E-state index < -0.39 is 0 Å². The third-order valence-electron chi connectivity index (χ3n) is 4.33. The zero-order valence-electron chi connectivity index (χ0n) is 12.5. The van der Waals surface area contributed by atoms with Gasteiger partial charge in [0.25, 0.3) is 0 Å². The normalized spacial score (nSPS) is 17.2. The summed E-state index contributed by atoms with van der Waals surface area (Å²) in [5, 5.41) is 7.50. The van der Waals surface area contributed by atoms with Crippen LogP contribution in [-0.4, -0.2) is 28.2 Å². The number of likely N-dealkylation sites (N-methyl/N-ethyl adjacent to an activating group) is 1. The largest absolute Gasteiger partial charge is 0.339 e. The molecule has 0 saturated heterocycles. The maximum atomic E-state index is 5.41. The highest BCUT2D eigenvalue weighted by Crippen LogP contribution is 2.28. The summed E-state index contributed by atoms with van der Waals surface area (Å²) >= 11 is 0. The fourth-order valence-corrected chi connectivity index (χ4v) is 3.18. The molecule has 1 atom stereocenters. The van der Waals surface area contributed by atoms with Gasteiger partial charge in [-0.05, 0) is 37.4 Å². The molecule has 0 spiro atoms. The summed E-state index contributed by atoms with van der Waals surface area (Å²) in [6.45, 7) is 0. The van der Waals surface area contributed by atoms with Gasteiger partial charge >= 0.3 is 0 Å². The Kier molecular flexibility index (Phi) is 4.60. The predicted molar refractivity (Wildman–Crippen MR) is 79.9 cm³/mol. The molecule has 5 heteroatoms. The number of hydrogen-bond acceptors (Lipinski definition) is 5. The van der Waals surface area contributed by atoms with Crippen LogP contribution in [0, 0.1) is 5.92 Å². The van der Waals surface area contributed by atoms with Crippen LogP contribution in [0.1, 0.15) is 43.0 Å². The quantitative estimate of drug-likeness (QED) is 0.883. The van der Waals surface area contributed by atoms with Gasteiger partial charge in [-0.2, -0.15) is 4.98 Å². The molecule has 0 bridgehead atoms. The Morgan fingerprint density at radius 2 is 2.24 bits per heavy atom. The highest BCUT2D eigenvalue weighted by molar-refractivity contribution is 5.13. The number of nitrogens with one attached hydrogen (secondary N) is 1. The minimum absolute atomic E-state index is 0.444. The molecule has 0 amide bonds. The van der Waals surface area contributed by atoms with Crippen LogP contribution in [0.25, 0.3) is 0 Å². The summed E-state index contributed by atoms with van der Waals surface area (Å²) < 4.78 is 5.41. The molecular formula is C16H22N4O. The van der Waals surface area contributed by atoms with Gasteiger partial charge in [-0.1, -0.05) is 24.1 Å². The Morgan fingerprint density at radius 3 is 2.95 bits per heavy atom. The molecule has 1 aliphatic carbocycles. The fourth-order valence-electron chi connectivity index (χ4n) is 3.18. The molecule has 0 aliphatic heterocycles. The number of rotatable bonds is 6. The zero-order chi connectivity index (χ0) is 14.5. The van der Waals surface area contributed by atoms with Crippen molar-refractivity contribution in [1.29, 1.82) is 0 Å². The van der Waals surface area contributed by atoms with Crippen molar-refractivity contribution in [1.82, 2.24) is 20.4 Å². The number of aromatic nitrogens is 3.